The van der Waals surface area contributed by atoms with Gasteiger partial charge in [0.25, 0.3) is 6.43 Å². The molecule has 84 valence electrons. The van der Waals surface area contributed by atoms with Gasteiger partial charge in [-0.05, 0) is 34.5 Å². The van der Waals surface area contributed by atoms with Gasteiger partial charge in [-0.2, -0.15) is 13.2 Å². The van der Waals surface area contributed by atoms with Gasteiger partial charge >= 0.3 is 6.18 Å². The highest BCUT2D eigenvalue weighted by Gasteiger charge is 2.37. The Balaban J connectivity index is 3.42. The summed E-state index contributed by atoms with van der Waals surface area (Å²) < 4.78 is 61.6. The van der Waals surface area contributed by atoms with Gasteiger partial charge in [0, 0.05) is 0 Å². The first-order chi connectivity index (χ1) is 6.73. The van der Waals surface area contributed by atoms with Crippen molar-refractivity contribution in [3.63, 3.8) is 0 Å². The maximum atomic E-state index is 12.3. The van der Waals surface area contributed by atoms with Gasteiger partial charge in [-0.25, -0.2) is 13.8 Å². The zero-order valence-electron chi connectivity index (χ0n) is 7.37. The first-order valence-corrected chi connectivity index (χ1v) is 4.55. The fourth-order valence-corrected chi connectivity index (χ4v) is 1.30. The molecule has 0 radical (unpaired) electrons. The molecule has 1 aromatic rings. The summed E-state index contributed by atoms with van der Waals surface area (Å²) in [5, 5.41) is 0. The molecule has 0 unspecified atom stereocenters. The van der Waals surface area contributed by atoms with E-state index in [1.807, 2.05) is 0 Å². The Morgan fingerprint density at radius 3 is 2.27 bits per heavy atom. The maximum Gasteiger partial charge on any atom is 0.418 e. The topological polar surface area (TPSA) is 12.9 Å². The molecule has 1 rings (SSSR count). The van der Waals surface area contributed by atoms with Crippen LogP contribution >= 0.6 is 15.9 Å². The second kappa shape index (κ2) is 4.03. The number of aryl methyl sites for hydroxylation is 1. The van der Waals surface area contributed by atoms with Crippen LogP contribution < -0.4 is 0 Å². The summed E-state index contributed by atoms with van der Waals surface area (Å²) >= 11 is 2.80. The van der Waals surface area contributed by atoms with E-state index in [0.717, 1.165) is 0 Å². The van der Waals surface area contributed by atoms with Crippen LogP contribution in [-0.4, -0.2) is 4.98 Å². The van der Waals surface area contributed by atoms with E-state index in [0.29, 0.717) is 6.07 Å². The minimum atomic E-state index is -4.82. The largest absolute Gasteiger partial charge is 0.418 e. The summed E-state index contributed by atoms with van der Waals surface area (Å²) in [6.07, 6.45) is -8.07. The van der Waals surface area contributed by atoms with E-state index in [9.17, 15) is 22.0 Å². The Morgan fingerprint density at radius 2 is 1.87 bits per heavy atom. The first kappa shape index (κ1) is 12.4. The summed E-state index contributed by atoms with van der Waals surface area (Å²) in [5.41, 5.74) is -2.48. The molecule has 0 bridgehead atoms. The molecule has 15 heavy (non-hydrogen) atoms. The highest BCUT2D eigenvalue weighted by Crippen LogP contribution is 2.37. The van der Waals surface area contributed by atoms with Crippen LogP contribution in [-0.2, 0) is 6.18 Å². The predicted molar refractivity (Wildman–Crippen MR) is 46.6 cm³/mol. The van der Waals surface area contributed by atoms with Crippen LogP contribution in [0.1, 0.15) is 23.2 Å². The van der Waals surface area contributed by atoms with Crippen molar-refractivity contribution in [1.29, 1.82) is 0 Å². The van der Waals surface area contributed by atoms with Gasteiger partial charge in [0.2, 0.25) is 0 Å². The molecule has 1 heterocycles. The number of nitrogens with zero attached hydrogens (tertiary/aromatic N) is 1. The van der Waals surface area contributed by atoms with Crippen LogP contribution in [0.15, 0.2) is 10.7 Å². The third kappa shape index (κ3) is 2.64. The molecule has 0 spiro atoms. The molecule has 0 saturated heterocycles. The quantitative estimate of drug-likeness (QED) is 0.560. The van der Waals surface area contributed by atoms with Gasteiger partial charge in [0.05, 0.1) is 5.56 Å². The standard InChI is InChI=1S/C8H5BrF5N/c1-3-2-4(8(12,13)14)5(7(10)11)15-6(3)9/h2,7H,1H3. The van der Waals surface area contributed by atoms with Gasteiger partial charge in [-0.3, -0.25) is 0 Å². The molecule has 0 aliphatic rings. The fraction of sp³-hybridized carbons (Fsp3) is 0.375. The number of halogens is 6. The van der Waals surface area contributed by atoms with Crippen molar-refractivity contribution in [2.24, 2.45) is 0 Å². The molecule has 0 atom stereocenters. The van der Waals surface area contributed by atoms with Gasteiger partial charge < -0.3 is 0 Å². The lowest BCUT2D eigenvalue weighted by molar-refractivity contribution is -0.140. The van der Waals surface area contributed by atoms with Gasteiger partial charge in [-0.15, -0.1) is 0 Å². The molecule has 1 nitrogen and oxygen atoms in total. The molecule has 7 heteroatoms. The van der Waals surface area contributed by atoms with E-state index in [1.165, 1.54) is 6.92 Å². The van der Waals surface area contributed by atoms with E-state index in [2.05, 4.69) is 20.9 Å². The second-order valence-corrected chi connectivity index (χ2v) is 3.58. The van der Waals surface area contributed by atoms with Gasteiger partial charge in [0.15, 0.2) is 0 Å². The minimum Gasteiger partial charge on any atom is -0.239 e. The number of hydrogen-bond acceptors (Lipinski definition) is 1. The smallest absolute Gasteiger partial charge is 0.239 e. The average Bonchev–Trinajstić information content (AvgIpc) is 2.06. The molecule has 0 N–H and O–H groups in total. The molecule has 0 fully saturated rings. The fourth-order valence-electron chi connectivity index (χ4n) is 0.998. The third-order valence-corrected chi connectivity index (χ3v) is 2.50. The number of hydrogen-bond donors (Lipinski definition) is 0. The zero-order chi connectivity index (χ0) is 11.8. The van der Waals surface area contributed by atoms with Crippen molar-refractivity contribution in [3.8, 4) is 0 Å². The van der Waals surface area contributed by atoms with Crippen LogP contribution in [0.5, 0.6) is 0 Å². The van der Waals surface area contributed by atoms with Crippen LogP contribution in [0.25, 0.3) is 0 Å². The van der Waals surface area contributed by atoms with E-state index in [-0.39, 0.29) is 10.2 Å². The van der Waals surface area contributed by atoms with Crippen LogP contribution in [0.4, 0.5) is 22.0 Å². The first-order valence-electron chi connectivity index (χ1n) is 3.76. The summed E-state index contributed by atoms with van der Waals surface area (Å²) in [5.74, 6) is 0. The van der Waals surface area contributed by atoms with Crippen molar-refractivity contribution >= 4 is 15.9 Å². The Hall–Kier alpha value is -0.720. The number of pyridine rings is 1. The van der Waals surface area contributed by atoms with E-state index >= 15 is 0 Å². The average molecular weight is 290 g/mol. The summed E-state index contributed by atoms with van der Waals surface area (Å²) in [4.78, 5) is 3.19. The summed E-state index contributed by atoms with van der Waals surface area (Å²) in [7, 11) is 0. The van der Waals surface area contributed by atoms with Gasteiger partial charge in [0.1, 0.15) is 10.3 Å². The third-order valence-electron chi connectivity index (χ3n) is 1.69. The predicted octanol–water partition coefficient (Wildman–Crippen LogP) is 4.11. The molecule has 0 aliphatic carbocycles. The highest BCUT2D eigenvalue weighted by molar-refractivity contribution is 9.10. The zero-order valence-corrected chi connectivity index (χ0v) is 8.96. The lowest BCUT2D eigenvalue weighted by atomic mass is 10.1. The minimum absolute atomic E-state index is 0.00852. The molecule has 0 aromatic carbocycles. The van der Waals surface area contributed by atoms with Crippen LogP contribution in [0, 0.1) is 6.92 Å². The number of rotatable bonds is 1. The van der Waals surface area contributed by atoms with E-state index < -0.39 is 23.9 Å². The van der Waals surface area contributed by atoms with E-state index in [1.54, 1.807) is 0 Å². The molecule has 0 amide bonds. The maximum absolute atomic E-state index is 12.3. The normalized spacial score (nSPS) is 12.3. The lowest BCUT2D eigenvalue weighted by Gasteiger charge is -2.13. The van der Waals surface area contributed by atoms with Crippen molar-refractivity contribution in [1.82, 2.24) is 4.98 Å². The van der Waals surface area contributed by atoms with Crippen LogP contribution in [0.2, 0.25) is 0 Å². The molecule has 0 aliphatic heterocycles. The van der Waals surface area contributed by atoms with Crippen LogP contribution in [0.3, 0.4) is 0 Å². The second-order valence-electron chi connectivity index (χ2n) is 2.83. The van der Waals surface area contributed by atoms with E-state index in [4.69, 9.17) is 0 Å². The Labute approximate surface area is 90.4 Å². The summed E-state index contributed by atoms with van der Waals surface area (Å²) in [6, 6.07) is 0.651. The molecule has 0 saturated carbocycles. The number of alkyl halides is 5. The molecular weight excluding hydrogens is 285 g/mol. The van der Waals surface area contributed by atoms with Crippen molar-refractivity contribution in [2.75, 3.05) is 0 Å². The number of aromatic nitrogens is 1. The summed E-state index contributed by atoms with van der Waals surface area (Å²) in [6.45, 7) is 1.35. The lowest BCUT2D eigenvalue weighted by Crippen LogP contribution is -2.12. The monoisotopic (exact) mass is 289 g/mol. The highest BCUT2D eigenvalue weighted by atomic mass is 79.9. The Bertz CT molecular complexity index is 374. The van der Waals surface area contributed by atoms with Crippen molar-refractivity contribution < 1.29 is 22.0 Å². The molecule has 1 aromatic heterocycles. The van der Waals surface area contributed by atoms with Gasteiger partial charge in [-0.1, -0.05) is 0 Å². The molecular formula is C8H5BrF5N. The van der Waals surface area contributed by atoms with Crippen molar-refractivity contribution in [2.45, 2.75) is 19.5 Å². The Kier molecular flexibility index (Phi) is 3.32. The Morgan fingerprint density at radius 1 is 1.33 bits per heavy atom. The SMILES string of the molecule is Cc1cc(C(F)(F)F)c(C(F)F)nc1Br. The van der Waals surface area contributed by atoms with Crippen molar-refractivity contribution in [3.05, 3.63) is 27.5 Å².